The SMILES string of the molecule is Cc1cc(C)c(C(NN)c2ccc(Br)cc2F)cc1C. The van der Waals surface area contributed by atoms with E-state index in [1.165, 1.54) is 17.2 Å². The lowest BCUT2D eigenvalue weighted by molar-refractivity contribution is 0.558. The molecule has 0 bridgehead atoms. The second-order valence-electron chi connectivity index (χ2n) is 5.06. The van der Waals surface area contributed by atoms with Crippen molar-refractivity contribution < 1.29 is 4.39 Å². The Hall–Kier alpha value is -1.23. The molecule has 0 heterocycles. The van der Waals surface area contributed by atoms with Gasteiger partial charge in [0.1, 0.15) is 5.82 Å². The van der Waals surface area contributed by atoms with E-state index in [2.05, 4.69) is 40.4 Å². The summed E-state index contributed by atoms with van der Waals surface area (Å²) in [6, 6.07) is 8.83. The highest BCUT2D eigenvalue weighted by atomic mass is 79.9. The smallest absolute Gasteiger partial charge is 0.129 e. The maximum absolute atomic E-state index is 14.2. The first-order valence-corrected chi connectivity index (χ1v) is 7.22. The molecule has 2 nitrogen and oxygen atoms in total. The van der Waals surface area contributed by atoms with Crippen molar-refractivity contribution in [1.82, 2.24) is 5.43 Å². The van der Waals surface area contributed by atoms with Crippen molar-refractivity contribution >= 4 is 15.9 Å². The monoisotopic (exact) mass is 336 g/mol. The fourth-order valence-electron chi connectivity index (χ4n) is 2.38. The molecule has 2 aromatic rings. The first-order chi connectivity index (χ1) is 9.43. The maximum Gasteiger partial charge on any atom is 0.129 e. The van der Waals surface area contributed by atoms with Crippen LogP contribution in [0.1, 0.15) is 33.9 Å². The summed E-state index contributed by atoms with van der Waals surface area (Å²) in [6.07, 6.45) is 0. The van der Waals surface area contributed by atoms with Crippen molar-refractivity contribution in [2.75, 3.05) is 0 Å². The van der Waals surface area contributed by atoms with Crippen LogP contribution < -0.4 is 11.3 Å². The number of benzene rings is 2. The number of halogens is 2. The number of aryl methyl sites for hydroxylation is 3. The van der Waals surface area contributed by atoms with E-state index in [0.29, 0.717) is 10.0 Å². The summed E-state index contributed by atoms with van der Waals surface area (Å²) >= 11 is 3.27. The highest BCUT2D eigenvalue weighted by Gasteiger charge is 2.19. The standard InChI is InChI=1S/C16H18BrFN2/c1-9-6-11(3)14(7-10(9)2)16(20-19)13-5-4-12(17)8-15(13)18/h4-8,16,20H,19H2,1-3H3. The van der Waals surface area contributed by atoms with E-state index in [0.717, 1.165) is 11.1 Å². The maximum atomic E-state index is 14.2. The Balaban J connectivity index is 2.55. The van der Waals surface area contributed by atoms with Crippen molar-refractivity contribution in [2.45, 2.75) is 26.8 Å². The molecule has 2 rings (SSSR count). The summed E-state index contributed by atoms with van der Waals surface area (Å²) in [5.41, 5.74) is 7.75. The van der Waals surface area contributed by atoms with Gasteiger partial charge in [0.2, 0.25) is 0 Å². The summed E-state index contributed by atoms with van der Waals surface area (Å²) in [6.45, 7) is 6.13. The zero-order chi connectivity index (χ0) is 14.9. The van der Waals surface area contributed by atoms with E-state index >= 15 is 0 Å². The van der Waals surface area contributed by atoms with Gasteiger partial charge < -0.3 is 0 Å². The Morgan fingerprint density at radius 2 is 1.65 bits per heavy atom. The molecule has 0 fully saturated rings. The van der Waals surface area contributed by atoms with Crippen LogP contribution >= 0.6 is 15.9 Å². The van der Waals surface area contributed by atoms with E-state index in [-0.39, 0.29) is 11.9 Å². The molecule has 0 aromatic heterocycles. The van der Waals surface area contributed by atoms with E-state index in [1.807, 2.05) is 19.9 Å². The Labute approximate surface area is 127 Å². The number of rotatable bonds is 3. The van der Waals surface area contributed by atoms with Gasteiger partial charge in [0.25, 0.3) is 0 Å². The van der Waals surface area contributed by atoms with E-state index in [4.69, 9.17) is 5.84 Å². The third-order valence-corrected chi connectivity index (χ3v) is 4.13. The first kappa shape index (κ1) is 15.2. The summed E-state index contributed by atoms with van der Waals surface area (Å²) in [5.74, 6) is 5.39. The van der Waals surface area contributed by atoms with Gasteiger partial charge in [-0.3, -0.25) is 5.84 Å². The second-order valence-corrected chi connectivity index (χ2v) is 5.97. The van der Waals surface area contributed by atoms with Crippen LogP contribution in [-0.2, 0) is 0 Å². The molecule has 0 aliphatic carbocycles. The molecular formula is C16H18BrFN2. The molecular weight excluding hydrogens is 319 g/mol. The average Bonchev–Trinajstić information content (AvgIpc) is 2.38. The van der Waals surface area contributed by atoms with Crippen LogP contribution in [0, 0.1) is 26.6 Å². The Morgan fingerprint density at radius 3 is 2.25 bits per heavy atom. The van der Waals surface area contributed by atoms with Gasteiger partial charge in [0.05, 0.1) is 6.04 Å². The lowest BCUT2D eigenvalue weighted by Crippen LogP contribution is -2.30. The van der Waals surface area contributed by atoms with Crippen LogP contribution in [0.25, 0.3) is 0 Å². The zero-order valence-corrected chi connectivity index (χ0v) is 13.4. The molecule has 0 aliphatic heterocycles. The number of hydrogen-bond donors (Lipinski definition) is 2. The van der Waals surface area contributed by atoms with E-state index in [1.54, 1.807) is 6.07 Å². The molecule has 1 atom stereocenters. The predicted octanol–water partition coefficient (Wildman–Crippen LogP) is 4.07. The minimum Gasteiger partial charge on any atom is -0.271 e. The van der Waals surface area contributed by atoms with Crippen molar-refractivity contribution in [3.05, 3.63) is 68.4 Å². The van der Waals surface area contributed by atoms with Crippen LogP contribution in [0.5, 0.6) is 0 Å². The molecule has 3 N–H and O–H groups in total. The lowest BCUT2D eigenvalue weighted by atomic mass is 9.92. The Bertz CT molecular complexity index is 641. The minimum absolute atomic E-state index is 0.278. The summed E-state index contributed by atoms with van der Waals surface area (Å²) in [7, 11) is 0. The molecule has 0 radical (unpaired) electrons. The number of hydrazine groups is 1. The lowest BCUT2D eigenvalue weighted by Gasteiger charge is -2.21. The van der Waals surface area contributed by atoms with E-state index in [9.17, 15) is 4.39 Å². The van der Waals surface area contributed by atoms with Crippen LogP contribution in [0.4, 0.5) is 4.39 Å². The molecule has 0 saturated heterocycles. The normalized spacial score (nSPS) is 12.5. The Kier molecular flexibility index (Phi) is 4.58. The second kappa shape index (κ2) is 6.04. The molecule has 2 aromatic carbocycles. The van der Waals surface area contributed by atoms with Crippen LogP contribution in [0.15, 0.2) is 34.8 Å². The Morgan fingerprint density at radius 1 is 1.00 bits per heavy atom. The number of hydrogen-bond acceptors (Lipinski definition) is 2. The predicted molar refractivity (Wildman–Crippen MR) is 83.9 cm³/mol. The quantitative estimate of drug-likeness (QED) is 0.655. The summed E-state index contributed by atoms with van der Waals surface area (Å²) in [4.78, 5) is 0. The first-order valence-electron chi connectivity index (χ1n) is 6.43. The van der Waals surface area contributed by atoms with Gasteiger partial charge in [0.15, 0.2) is 0 Å². The number of nitrogens with two attached hydrogens (primary N) is 1. The van der Waals surface area contributed by atoms with Gasteiger partial charge in [-0.1, -0.05) is 34.1 Å². The van der Waals surface area contributed by atoms with Gasteiger partial charge in [-0.05, 0) is 55.2 Å². The van der Waals surface area contributed by atoms with Crippen LogP contribution in [0.2, 0.25) is 0 Å². The third-order valence-electron chi connectivity index (χ3n) is 3.63. The molecule has 1 unspecified atom stereocenters. The molecule has 0 aliphatic rings. The zero-order valence-electron chi connectivity index (χ0n) is 11.8. The largest absolute Gasteiger partial charge is 0.271 e. The molecule has 20 heavy (non-hydrogen) atoms. The van der Waals surface area contributed by atoms with Crippen molar-refractivity contribution in [3.63, 3.8) is 0 Å². The third kappa shape index (κ3) is 2.92. The van der Waals surface area contributed by atoms with Crippen LogP contribution in [0.3, 0.4) is 0 Å². The average molecular weight is 337 g/mol. The van der Waals surface area contributed by atoms with Gasteiger partial charge in [-0.15, -0.1) is 0 Å². The fourth-order valence-corrected chi connectivity index (χ4v) is 2.71. The van der Waals surface area contributed by atoms with Gasteiger partial charge in [-0.25, -0.2) is 9.82 Å². The number of nitrogens with one attached hydrogen (secondary N) is 1. The summed E-state index contributed by atoms with van der Waals surface area (Å²) < 4.78 is 14.9. The van der Waals surface area contributed by atoms with Crippen LogP contribution in [-0.4, -0.2) is 0 Å². The minimum atomic E-state index is -0.359. The van der Waals surface area contributed by atoms with Gasteiger partial charge in [0, 0.05) is 10.0 Å². The fraction of sp³-hybridized carbons (Fsp3) is 0.250. The highest BCUT2D eigenvalue weighted by Crippen LogP contribution is 2.29. The van der Waals surface area contributed by atoms with E-state index < -0.39 is 0 Å². The highest BCUT2D eigenvalue weighted by molar-refractivity contribution is 9.10. The molecule has 0 amide bonds. The van der Waals surface area contributed by atoms with Gasteiger partial charge in [-0.2, -0.15) is 0 Å². The van der Waals surface area contributed by atoms with Crippen molar-refractivity contribution in [3.8, 4) is 0 Å². The van der Waals surface area contributed by atoms with Crippen molar-refractivity contribution in [2.24, 2.45) is 5.84 Å². The van der Waals surface area contributed by atoms with Gasteiger partial charge >= 0.3 is 0 Å². The molecule has 106 valence electrons. The molecule has 0 spiro atoms. The molecule has 4 heteroatoms. The van der Waals surface area contributed by atoms with Crippen molar-refractivity contribution in [1.29, 1.82) is 0 Å². The summed E-state index contributed by atoms with van der Waals surface area (Å²) in [5, 5.41) is 0. The topological polar surface area (TPSA) is 38.0 Å². The molecule has 0 saturated carbocycles.